The van der Waals surface area contributed by atoms with E-state index >= 15 is 0 Å². The van der Waals surface area contributed by atoms with E-state index in [1.807, 2.05) is 42.5 Å². The Morgan fingerprint density at radius 1 is 1.00 bits per heavy atom. The average Bonchev–Trinajstić information content (AvgIpc) is 2.73. The van der Waals surface area contributed by atoms with Crippen molar-refractivity contribution in [1.29, 1.82) is 0 Å². The molecule has 0 aliphatic carbocycles. The van der Waals surface area contributed by atoms with Crippen molar-refractivity contribution in [2.45, 2.75) is 12.6 Å². The van der Waals surface area contributed by atoms with E-state index in [2.05, 4.69) is 14.7 Å². The van der Waals surface area contributed by atoms with Crippen LogP contribution in [-0.4, -0.2) is 36.8 Å². The fourth-order valence-corrected chi connectivity index (χ4v) is 4.03. The van der Waals surface area contributed by atoms with Crippen LogP contribution in [0.1, 0.15) is 5.69 Å². The average molecular weight is 397 g/mol. The van der Waals surface area contributed by atoms with Crippen LogP contribution in [0.4, 0.5) is 0 Å². The van der Waals surface area contributed by atoms with Gasteiger partial charge < -0.3 is 9.47 Å². The molecule has 1 N–H and O–H groups in total. The number of para-hydroxylation sites is 2. The van der Waals surface area contributed by atoms with Crippen LogP contribution < -0.4 is 14.2 Å². The number of aromatic nitrogens is 2. The molecule has 1 atom stereocenters. The first-order chi connectivity index (χ1) is 13.6. The lowest BCUT2D eigenvalue weighted by molar-refractivity contribution is 0.106. The first-order valence-corrected chi connectivity index (χ1v) is 10.5. The van der Waals surface area contributed by atoms with E-state index in [4.69, 9.17) is 9.47 Å². The van der Waals surface area contributed by atoms with E-state index in [9.17, 15) is 8.42 Å². The van der Waals surface area contributed by atoms with Crippen molar-refractivity contribution < 1.29 is 17.9 Å². The third kappa shape index (κ3) is 4.47. The van der Waals surface area contributed by atoms with Crippen molar-refractivity contribution in [3.63, 3.8) is 0 Å². The summed E-state index contributed by atoms with van der Waals surface area (Å²) in [6.45, 7) is 0.262. The van der Waals surface area contributed by atoms with Gasteiger partial charge >= 0.3 is 0 Å². The Kier molecular flexibility index (Phi) is 5.23. The minimum Gasteiger partial charge on any atom is -0.486 e. The Bertz CT molecular complexity index is 1060. The summed E-state index contributed by atoms with van der Waals surface area (Å²) in [4.78, 5) is 8.39. The lowest BCUT2D eigenvalue weighted by Crippen LogP contribution is -2.39. The molecule has 4 rings (SSSR count). The molecule has 1 aliphatic rings. The van der Waals surface area contributed by atoms with E-state index in [1.54, 1.807) is 18.2 Å². The number of rotatable bonds is 6. The number of hydrogen-bond acceptors (Lipinski definition) is 6. The van der Waals surface area contributed by atoms with Gasteiger partial charge in [-0.25, -0.2) is 23.1 Å². The lowest BCUT2D eigenvalue weighted by atomic mass is 10.1. The van der Waals surface area contributed by atoms with Crippen LogP contribution in [0.2, 0.25) is 0 Å². The smallest absolute Gasteiger partial charge is 0.215 e. The monoisotopic (exact) mass is 397 g/mol. The van der Waals surface area contributed by atoms with Gasteiger partial charge in [-0.15, -0.1) is 0 Å². The van der Waals surface area contributed by atoms with Gasteiger partial charge in [0.15, 0.2) is 11.5 Å². The predicted octanol–water partition coefficient (Wildman–Crippen LogP) is 2.40. The zero-order chi connectivity index (χ0) is 19.4. The molecule has 2 aromatic carbocycles. The Morgan fingerprint density at radius 3 is 2.57 bits per heavy atom. The molecule has 8 heteroatoms. The van der Waals surface area contributed by atoms with Crippen LogP contribution >= 0.6 is 0 Å². The highest BCUT2D eigenvalue weighted by Gasteiger charge is 2.26. The Labute approximate surface area is 163 Å². The number of nitrogens with zero attached hydrogens (tertiary/aromatic N) is 2. The van der Waals surface area contributed by atoms with Crippen molar-refractivity contribution in [2.75, 3.05) is 12.4 Å². The standard InChI is InChI=1S/C20H19N3O4S/c24-28(25,13-17-12-26-19-8-4-5-9-20(19)27-17)23-11-16-10-18(22-14-21-16)15-6-2-1-3-7-15/h1-10,14,17,23H,11-13H2. The van der Waals surface area contributed by atoms with Gasteiger partial charge in [0.25, 0.3) is 0 Å². The maximum absolute atomic E-state index is 12.4. The highest BCUT2D eigenvalue weighted by molar-refractivity contribution is 7.89. The zero-order valence-electron chi connectivity index (χ0n) is 15.0. The van der Waals surface area contributed by atoms with E-state index < -0.39 is 16.1 Å². The van der Waals surface area contributed by atoms with Gasteiger partial charge in [-0.1, -0.05) is 42.5 Å². The highest BCUT2D eigenvalue weighted by atomic mass is 32.2. The molecule has 0 bridgehead atoms. The number of fused-ring (bicyclic) bond motifs is 1. The summed E-state index contributed by atoms with van der Waals surface area (Å²) in [6.07, 6.45) is 0.860. The summed E-state index contributed by atoms with van der Waals surface area (Å²) >= 11 is 0. The Hall–Kier alpha value is -2.97. The van der Waals surface area contributed by atoms with Crippen molar-refractivity contribution in [3.05, 3.63) is 72.7 Å². The topological polar surface area (TPSA) is 90.4 Å². The summed E-state index contributed by atoms with van der Waals surface area (Å²) < 4.78 is 38.8. The summed E-state index contributed by atoms with van der Waals surface area (Å²) in [5, 5.41) is 0. The van der Waals surface area contributed by atoms with Gasteiger partial charge in [-0.05, 0) is 18.2 Å². The molecule has 0 saturated heterocycles. The molecule has 0 saturated carbocycles. The third-order valence-corrected chi connectivity index (χ3v) is 5.63. The molecule has 1 aliphatic heterocycles. The number of nitrogens with one attached hydrogen (secondary N) is 1. The highest BCUT2D eigenvalue weighted by Crippen LogP contribution is 2.31. The number of hydrogen-bond donors (Lipinski definition) is 1. The molecule has 7 nitrogen and oxygen atoms in total. The minimum atomic E-state index is -3.57. The van der Waals surface area contributed by atoms with Gasteiger partial charge in [0, 0.05) is 5.56 Å². The van der Waals surface area contributed by atoms with Crippen LogP contribution in [0.5, 0.6) is 11.5 Å². The van der Waals surface area contributed by atoms with Gasteiger partial charge in [-0.2, -0.15) is 0 Å². The molecule has 0 spiro atoms. The van der Waals surface area contributed by atoms with Crippen LogP contribution in [0.3, 0.4) is 0 Å². The fourth-order valence-electron chi connectivity index (χ4n) is 2.89. The van der Waals surface area contributed by atoms with Crippen molar-refractivity contribution >= 4 is 10.0 Å². The second-order valence-corrected chi connectivity index (χ2v) is 8.21. The molecule has 0 fully saturated rings. The fraction of sp³-hybridized carbons (Fsp3) is 0.200. The predicted molar refractivity (Wildman–Crippen MR) is 104 cm³/mol. The molecule has 0 radical (unpaired) electrons. The molecule has 0 amide bonds. The third-order valence-electron chi connectivity index (χ3n) is 4.24. The van der Waals surface area contributed by atoms with Crippen molar-refractivity contribution in [2.24, 2.45) is 0 Å². The molecule has 1 unspecified atom stereocenters. The van der Waals surface area contributed by atoms with Gasteiger partial charge in [0.1, 0.15) is 24.8 Å². The minimum absolute atomic E-state index is 0.0782. The van der Waals surface area contributed by atoms with Crippen molar-refractivity contribution in [3.8, 4) is 22.8 Å². The summed E-state index contributed by atoms with van der Waals surface area (Å²) in [5.74, 6) is 0.980. The zero-order valence-corrected chi connectivity index (χ0v) is 15.8. The van der Waals surface area contributed by atoms with E-state index in [-0.39, 0.29) is 18.9 Å². The van der Waals surface area contributed by atoms with E-state index in [1.165, 1.54) is 6.33 Å². The van der Waals surface area contributed by atoms with Gasteiger partial charge in [-0.3, -0.25) is 0 Å². The van der Waals surface area contributed by atoms with Crippen LogP contribution in [0.15, 0.2) is 67.0 Å². The molecular weight excluding hydrogens is 378 g/mol. The van der Waals surface area contributed by atoms with Gasteiger partial charge in [0.05, 0.1) is 17.9 Å². The number of ether oxygens (including phenoxy) is 2. The molecule has 28 heavy (non-hydrogen) atoms. The lowest BCUT2D eigenvalue weighted by Gasteiger charge is -2.26. The van der Waals surface area contributed by atoms with E-state index in [0.29, 0.717) is 17.2 Å². The number of benzene rings is 2. The quantitative estimate of drug-likeness (QED) is 0.687. The van der Waals surface area contributed by atoms with Gasteiger partial charge in [0.2, 0.25) is 10.0 Å². The molecule has 144 valence electrons. The van der Waals surface area contributed by atoms with Crippen LogP contribution in [0.25, 0.3) is 11.3 Å². The maximum Gasteiger partial charge on any atom is 0.215 e. The van der Waals surface area contributed by atoms with Crippen LogP contribution in [0, 0.1) is 0 Å². The molecule has 1 aromatic heterocycles. The SMILES string of the molecule is O=S(=O)(CC1COc2ccccc2O1)NCc1cc(-c2ccccc2)ncn1. The Morgan fingerprint density at radius 2 is 1.75 bits per heavy atom. The first kappa shape index (κ1) is 18.4. The number of sulfonamides is 1. The molecule has 2 heterocycles. The van der Waals surface area contributed by atoms with Crippen molar-refractivity contribution in [1.82, 2.24) is 14.7 Å². The van der Waals surface area contributed by atoms with E-state index in [0.717, 1.165) is 11.3 Å². The Balaban J connectivity index is 1.38. The maximum atomic E-state index is 12.4. The second kappa shape index (κ2) is 7.95. The summed E-state index contributed by atoms with van der Waals surface area (Å²) in [7, 11) is -3.57. The summed E-state index contributed by atoms with van der Waals surface area (Å²) in [6, 6.07) is 18.6. The normalized spacial score (nSPS) is 15.9. The summed E-state index contributed by atoms with van der Waals surface area (Å²) in [5.41, 5.74) is 2.27. The molecular formula is C20H19N3O4S. The van der Waals surface area contributed by atoms with Crippen LogP contribution in [-0.2, 0) is 16.6 Å². The second-order valence-electron chi connectivity index (χ2n) is 6.36. The molecule has 3 aromatic rings. The first-order valence-electron chi connectivity index (χ1n) is 8.81. The largest absolute Gasteiger partial charge is 0.486 e.